The molecule has 0 atom stereocenters. The van der Waals surface area contributed by atoms with E-state index in [4.69, 9.17) is 4.52 Å². The highest BCUT2D eigenvalue weighted by molar-refractivity contribution is 5.81. The van der Waals surface area contributed by atoms with Crippen LogP contribution in [0.4, 0.5) is 6.01 Å². The maximum atomic E-state index is 5.18. The minimum atomic E-state index is 0.485. The van der Waals surface area contributed by atoms with E-state index >= 15 is 0 Å². The Labute approximate surface area is 109 Å². The van der Waals surface area contributed by atoms with Crippen LogP contribution in [0.5, 0.6) is 0 Å². The van der Waals surface area contributed by atoms with Gasteiger partial charge in [-0.25, -0.2) is 0 Å². The molecule has 19 heavy (non-hydrogen) atoms. The normalized spacial score (nSPS) is 14.9. The van der Waals surface area contributed by atoms with Crippen LogP contribution in [-0.4, -0.2) is 20.3 Å². The number of rotatable bonds is 4. The van der Waals surface area contributed by atoms with Crippen LogP contribution in [0.25, 0.3) is 10.9 Å². The van der Waals surface area contributed by atoms with Crippen molar-refractivity contribution in [2.45, 2.75) is 25.3 Å². The lowest BCUT2D eigenvalue weighted by atomic mass is 10.1. The van der Waals surface area contributed by atoms with E-state index in [-0.39, 0.29) is 0 Å². The van der Waals surface area contributed by atoms with E-state index in [0.717, 1.165) is 22.3 Å². The van der Waals surface area contributed by atoms with Crippen molar-refractivity contribution in [2.24, 2.45) is 0 Å². The number of para-hydroxylation sites is 1. The summed E-state index contributed by atoms with van der Waals surface area (Å²) in [6.45, 7) is 0.631. The van der Waals surface area contributed by atoms with E-state index in [1.807, 2.05) is 24.4 Å². The molecule has 2 aromatic heterocycles. The second-order valence-corrected chi connectivity index (χ2v) is 4.84. The Morgan fingerprint density at radius 3 is 3.21 bits per heavy atom. The van der Waals surface area contributed by atoms with E-state index in [2.05, 4.69) is 25.7 Å². The predicted molar refractivity (Wildman–Crippen MR) is 69.7 cm³/mol. The van der Waals surface area contributed by atoms with Crippen molar-refractivity contribution in [1.29, 1.82) is 0 Å². The maximum Gasteiger partial charge on any atom is 0.321 e. The summed E-state index contributed by atoms with van der Waals surface area (Å²) in [6, 6.07) is 6.57. The summed E-state index contributed by atoms with van der Waals surface area (Å²) >= 11 is 0. The van der Waals surface area contributed by atoms with Crippen molar-refractivity contribution in [3.8, 4) is 0 Å². The van der Waals surface area contributed by atoms with E-state index in [9.17, 15) is 0 Å². The Morgan fingerprint density at radius 2 is 2.32 bits per heavy atom. The number of aromatic nitrogens is 4. The van der Waals surface area contributed by atoms with E-state index in [1.165, 1.54) is 12.8 Å². The molecule has 6 heteroatoms. The fourth-order valence-electron chi connectivity index (χ4n) is 2.16. The molecule has 6 nitrogen and oxygen atoms in total. The lowest BCUT2D eigenvalue weighted by molar-refractivity contribution is 0.422. The third kappa shape index (κ3) is 1.95. The van der Waals surface area contributed by atoms with Crippen LogP contribution in [-0.2, 0) is 6.54 Å². The summed E-state index contributed by atoms with van der Waals surface area (Å²) in [6.07, 6.45) is 4.16. The molecule has 1 aliphatic carbocycles. The fourth-order valence-corrected chi connectivity index (χ4v) is 2.16. The van der Waals surface area contributed by atoms with Crippen molar-refractivity contribution in [1.82, 2.24) is 20.3 Å². The molecule has 1 aromatic carbocycles. The first-order chi connectivity index (χ1) is 9.40. The van der Waals surface area contributed by atoms with Gasteiger partial charge >= 0.3 is 6.01 Å². The summed E-state index contributed by atoms with van der Waals surface area (Å²) in [5, 5.41) is 15.3. The molecule has 1 aliphatic rings. The summed E-state index contributed by atoms with van der Waals surface area (Å²) in [7, 11) is 0. The van der Waals surface area contributed by atoms with Crippen LogP contribution in [0.2, 0.25) is 0 Å². The Kier molecular flexibility index (Phi) is 2.26. The molecule has 1 fully saturated rings. The SMILES string of the molecule is c1cc(CNc2nc(C3CC3)no2)c2[nH]ncc2c1. The van der Waals surface area contributed by atoms with Crippen LogP contribution in [0.1, 0.15) is 30.1 Å². The number of nitrogens with one attached hydrogen (secondary N) is 2. The third-order valence-corrected chi connectivity index (χ3v) is 3.38. The van der Waals surface area contributed by atoms with Gasteiger partial charge in [-0.15, -0.1) is 0 Å². The summed E-state index contributed by atoms with van der Waals surface area (Å²) in [5.41, 5.74) is 2.16. The molecule has 4 rings (SSSR count). The lowest BCUT2D eigenvalue weighted by Gasteiger charge is -2.02. The number of aromatic amines is 1. The average Bonchev–Trinajstić information content (AvgIpc) is 3.00. The van der Waals surface area contributed by atoms with Crippen molar-refractivity contribution in [3.63, 3.8) is 0 Å². The first-order valence-electron chi connectivity index (χ1n) is 6.38. The molecule has 0 saturated heterocycles. The molecule has 96 valence electrons. The molecule has 0 spiro atoms. The van der Waals surface area contributed by atoms with E-state index in [1.54, 1.807) is 0 Å². The molecule has 2 N–H and O–H groups in total. The molecule has 0 radical (unpaired) electrons. The zero-order chi connectivity index (χ0) is 12.7. The minimum Gasteiger partial charge on any atom is -0.334 e. The van der Waals surface area contributed by atoms with Crippen LogP contribution in [0.3, 0.4) is 0 Å². The van der Waals surface area contributed by atoms with Gasteiger partial charge in [0.25, 0.3) is 0 Å². The molecule has 0 unspecified atom stereocenters. The van der Waals surface area contributed by atoms with Gasteiger partial charge in [0.2, 0.25) is 0 Å². The summed E-state index contributed by atoms with van der Waals surface area (Å²) in [5.74, 6) is 1.33. The van der Waals surface area contributed by atoms with E-state index < -0.39 is 0 Å². The number of fused-ring (bicyclic) bond motifs is 1. The van der Waals surface area contributed by atoms with Gasteiger partial charge in [-0.1, -0.05) is 23.4 Å². The average molecular weight is 255 g/mol. The van der Waals surface area contributed by atoms with Crippen LogP contribution in [0.15, 0.2) is 28.9 Å². The Morgan fingerprint density at radius 1 is 1.37 bits per heavy atom. The highest BCUT2D eigenvalue weighted by atomic mass is 16.5. The number of anilines is 1. The lowest BCUT2D eigenvalue weighted by Crippen LogP contribution is -2.00. The molecular formula is C13H13N5O. The summed E-state index contributed by atoms with van der Waals surface area (Å²) < 4.78 is 5.18. The maximum absolute atomic E-state index is 5.18. The largest absolute Gasteiger partial charge is 0.334 e. The molecular weight excluding hydrogens is 242 g/mol. The van der Waals surface area contributed by atoms with Crippen molar-refractivity contribution in [2.75, 3.05) is 5.32 Å². The topological polar surface area (TPSA) is 79.6 Å². The second-order valence-electron chi connectivity index (χ2n) is 4.84. The number of hydrogen-bond donors (Lipinski definition) is 2. The zero-order valence-electron chi connectivity index (χ0n) is 10.3. The fraction of sp³-hybridized carbons (Fsp3) is 0.308. The Hall–Kier alpha value is -2.37. The zero-order valence-corrected chi connectivity index (χ0v) is 10.3. The number of H-pyrrole nitrogens is 1. The van der Waals surface area contributed by atoms with Crippen molar-refractivity contribution >= 4 is 16.9 Å². The quantitative estimate of drug-likeness (QED) is 0.748. The molecule has 1 saturated carbocycles. The smallest absolute Gasteiger partial charge is 0.321 e. The van der Waals surface area contributed by atoms with Crippen molar-refractivity contribution < 1.29 is 4.52 Å². The molecule has 2 heterocycles. The monoisotopic (exact) mass is 255 g/mol. The predicted octanol–water partition coefficient (Wildman–Crippen LogP) is 2.44. The van der Waals surface area contributed by atoms with Gasteiger partial charge in [0, 0.05) is 17.8 Å². The Bertz CT molecular complexity index is 712. The number of hydrogen-bond acceptors (Lipinski definition) is 5. The van der Waals surface area contributed by atoms with Gasteiger partial charge in [0.05, 0.1) is 11.7 Å². The first-order valence-corrected chi connectivity index (χ1v) is 6.38. The second kappa shape index (κ2) is 4.08. The van der Waals surface area contributed by atoms with E-state index in [0.29, 0.717) is 18.5 Å². The van der Waals surface area contributed by atoms with Gasteiger partial charge in [0.15, 0.2) is 5.82 Å². The van der Waals surface area contributed by atoms with Crippen LogP contribution < -0.4 is 5.32 Å². The third-order valence-electron chi connectivity index (χ3n) is 3.38. The molecule has 0 bridgehead atoms. The molecule has 0 aliphatic heterocycles. The minimum absolute atomic E-state index is 0.485. The Balaban J connectivity index is 1.52. The van der Waals surface area contributed by atoms with Gasteiger partial charge in [0.1, 0.15) is 0 Å². The highest BCUT2D eigenvalue weighted by Crippen LogP contribution is 2.38. The van der Waals surface area contributed by atoms with Gasteiger partial charge in [-0.2, -0.15) is 10.1 Å². The molecule has 0 amide bonds. The van der Waals surface area contributed by atoms with Gasteiger partial charge < -0.3 is 9.84 Å². The molecule has 3 aromatic rings. The van der Waals surface area contributed by atoms with Gasteiger partial charge in [-0.05, 0) is 18.4 Å². The van der Waals surface area contributed by atoms with Crippen molar-refractivity contribution in [3.05, 3.63) is 35.8 Å². The number of benzene rings is 1. The van der Waals surface area contributed by atoms with Crippen LogP contribution in [0, 0.1) is 0 Å². The van der Waals surface area contributed by atoms with Crippen LogP contribution >= 0.6 is 0 Å². The standard InChI is InChI=1S/C13H13N5O/c1-2-9(11-10(3-1)7-15-17-11)6-14-13-16-12(18-19-13)8-4-5-8/h1-3,7-8H,4-6H2,(H,15,17)(H,14,16,18). The number of nitrogens with zero attached hydrogens (tertiary/aromatic N) is 3. The first kappa shape index (κ1) is 10.5. The van der Waals surface area contributed by atoms with Gasteiger partial charge in [-0.3, -0.25) is 5.10 Å². The summed E-state index contributed by atoms with van der Waals surface area (Å²) in [4.78, 5) is 4.34. The highest BCUT2D eigenvalue weighted by Gasteiger charge is 2.28.